The molecule has 4 nitrogen and oxygen atoms in total. The Hall–Kier alpha value is -0.970. The Kier molecular flexibility index (Phi) is 6.86. The Bertz CT molecular complexity index is 241. The van der Waals surface area contributed by atoms with E-state index in [1.165, 1.54) is 7.11 Å². The zero-order valence-electron chi connectivity index (χ0n) is 9.12. The SMILES string of the molecule is CC(N)=S.COC(=O)C1CCCCC1=O. The van der Waals surface area contributed by atoms with Gasteiger partial charge in [-0.3, -0.25) is 9.59 Å². The fraction of sp³-hybridized carbons (Fsp3) is 0.700. The van der Waals surface area contributed by atoms with Gasteiger partial charge in [-0.1, -0.05) is 18.6 Å². The number of methoxy groups -OCH3 is 1. The number of carbonyl (C=O) groups is 2. The van der Waals surface area contributed by atoms with Gasteiger partial charge in [0.1, 0.15) is 11.7 Å². The number of nitrogens with two attached hydrogens (primary N) is 1. The molecule has 0 aromatic heterocycles. The molecular formula is C10H17NO3S. The monoisotopic (exact) mass is 231 g/mol. The van der Waals surface area contributed by atoms with Gasteiger partial charge in [0, 0.05) is 6.42 Å². The van der Waals surface area contributed by atoms with Crippen molar-refractivity contribution in [3.8, 4) is 0 Å². The molecule has 86 valence electrons. The average Bonchev–Trinajstić information content (AvgIpc) is 2.16. The highest BCUT2D eigenvalue weighted by molar-refractivity contribution is 7.80. The number of thiocarbonyl (C=S) groups is 1. The summed E-state index contributed by atoms with van der Waals surface area (Å²) in [6, 6.07) is 0. The third kappa shape index (κ3) is 6.17. The summed E-state index contributed by atoms with van der Waals surface area (Å²) in [4.78, 5) is 22.5. The van der Waals surface area contributed by atoms with Crippen LogP contribution in [0.15, 0.2) is 0 Å². The van der Waals surface area contributed by atoms with Crippen LogP contribution in [0.2, 0.25) is 0 Å². The lowest BCUT2D eigenvalue weighted by atomic mass is 9.88. The number of ether oxygens (including phenoxy) is 1. The standard InChI is InChI=1S/C8H12O3.C2H5NS/c1-11-8(10)6-4-2-3-5-7(6)9;1-2(3)4/h6H,2-5H2,1H3;1H3,(H2,3,4). The van der Waals surface area contributed by atoms with E-state index in [0.717, 1.165) is 12.8 Å². The van der Waals surface area contributed by atoms with Crippen molar-refractivity contribution in [2.75, 3.05) is 7.11 Å². The third-order valence-corrected chi connectivity index (χ3v) is 2.04. The Morgan fingerprint density at radius 2 is 2.07 bits per heavy atom. The summed E-state index contributed by atoms with van der Waals surface area (Å²) in [5.74, 6) is -0.786. The number of ketones is 1. The van der Waals surface area contributed by atoms with Crippen LogP contribution in [0.3, 0.4) is 0 Å². The number of hydrogen-bond donors (Lipinski definition) is 1. The largest absolute Gasteiger partial charge is 0.468 e. The van der Waals surface area contributed by atoms with Gasteiger partial charge in [0.05, 0.1) is 12.1 Å². The minimum absolute atomic E-state index is 0.0445. The van der Waals surface area contributed by atoms with Crippen LogP contribution in [-0.2, 0) is 14.3 Å². The van der Waals surface area contributed by atoms with Crippen molar-refractivity contribution in [1.82, 2.24) is 0 Å². The molecule has 0 saturated heterocycles. The van der Waals surface area contributed by atoms with E-state index in [1.807, 2.05) is 0 Å². The first-order valence-corrected chi connectivity index (χ1v) is 5.26. The quantitative estimate of drug-likeness (QED) is 0.417. The molecule has 15 heavy (non-hydrogen) atoms. The van der Waals surface area contributed by atoms with Crippen LogP contribution >= 0.6 is 12.2 Å². The van der Waals surface area contributed by atoms with Crippen LogP contribution < -0.4 is 5.73 Å². The highest BCUT2D eigenvalue weighted by atomic mass is 32.1. The summed E-state index contributed by atoms with van der Waals surface area (Å²) in [5.41, 5.74) is 4.84. The minimum atomic E-state index is -0.464. The van der Waals surface area contributed by atoms with Crippen molar-refractivity contribution in [1.29, 1.82) is 0 Å². The van der Waals surface area contributed by atoms with Gasteiger partial charge < -0.3 is 10.5 Å². The summed E-state index contributed by atoms with van der Waals surface area (Å²) >= 11 is 4.31. The first-order valence-electron chi connectivity index (χ1n) is 4.85. The van der Waals surface area contributed by atoms with Crippen LogP contribution in [0.5, 0.6) is 0 Å². The van der Waals surface area contributed by atoms with Gasteiger partial charge in [-0.05, 0) is 19.8 Å². The van der Waals surface area contributed by atoms with Gasteiger partial charge in [0.15, 0.2) is 0 Å². The fourth-order valence-electron chi connectivity index (χ4n) is 1.37. The maximum absolute atomic E-state index is 11.1. The molecule has 0 heterocycles. The summed E-state index contributed by atoms with van der Waals surface area (Å²) < 4.78 is 4.50. The molecule has 1 fully saturated rings. The zero-order valence-corrected chi connectivity index (χ0v) is 9.93. The van der Waals surface area contributed by atoms with E-state index in [2.05, 4.69) is 17.0 Å². The van der Waals surface area contributed by atoms with Crippen LogP contribution in [0.25, 0.3) is 0 Å². The van der Waals surface area contributed by atoms with E-state index < -0.39 is 5.92 Å². The van der Waals surface area contributed by atoms with E-state index in [1.54, 1.807) is 6.92 Å². The lowest BCUT2D eigenvalue weighted by molar-refractivity contribution is -0.150. The van der Waals surface area contributed by atoms with Crippen molar-refractivity contribution >= 4 is 29.0 Å². The van der Waals surface area contributed by atoms with E-state index in [0.29, 0.717) is 17.8 Å². The van der Waals surface area contributed by atoms with E-state index in [9.17, 15) is 9.59 Å². The lowest BCUT2D eigenvalue weighted by Gasteiger charge is -2.17. The second kappa shape index (κ2) is 7.34. The Morgan fingerprint density at radius 3 is 2.47 bits per heavy atom. The van der Waals surface area contributed by atoms with Gasteiger partial charge in [-0.2, -0.15) is 0 Å². The van der Waals surface area contributed by atoms with E-state index >= 15 is 0 Å². The summed E-state index contributed by atoms with van der Waals surface area (Å²) in [6.45, 7) is 1.68. The topological polar surface area (TPSA) is 69.4 Å². The van der Waals surface area contributed by atoms with Crippen LogP contribution in [0, 0.1) is 5.92 Å². The third-order valence-electron chi connectivity index (χ3n) is 2.04. The number of carbonyl (C=O) groups excluding carboxylic acids is 2. The number of hydrogen-bond acceptors (Lipinski definition) is 4. The molecule has 1 atom stereocenters. The van der Waals surface area contributed by atoms with Crippen LogP contribution in [-0.4, -0.2) is 23.9 Å². The molecule has 1 aliphatic rings. The van der Waals surface area contributed by atoms with Gasteiger partial charge in [-0.25, -0.2) is 0 Å². The minimum Gasteiger partial charge on any atom is -0.468 e. The molecule has 1 rings (SSSR count). The second-order valence-corrected chi connectivity index (χ2v) is 4.04. The molecule has 1 aliphatic carbocycles. The number of Topliss-reactive ketones (excluding diaryl/α,β-unsaturated/α-hetero) is 1. The van der Waals surface area contributed by atoms with Crippen molar-refractivity contribution in [3.05, 3.63) is 0 Å². The molecule has 0 aromatic rings. The molecule has 0 amide bonds. The van der Waals surface area contributed by atoms with Gasteiger partial charge in [0.25, 0.3) is 0 Å². The molecule has 1 saturated carbocycles. The lowest BCUT2D eigenvalue weighted by Crippen LogP contribution is -2.27. The first-order chi connectivity index (χ1) is 6.99. The molecule has 0 radical (unpaired) electrons. The molecule has 0 aliphatic heterocycles. The molecule has 5 heteroatoms. The summed E-state index contributed by atoms with van der Waals surface area (Å²) in [5, 5.41) is 0. The molecule has 1 unspecified atom stereocenters. The normalized spacial score (nSPS) is 19.9. The predicted octanol–water partition coefficient (Wildman–Crippen LogP) is 1.21. The van der Waals surface area contributed by atoms with Gasteiger partial charge in [0.2, 0.25) is 0 Å². The molecular weight excluding hydrogens is 214 g/mol. The highest BCUT2D eigenvalue weighted by Crippen LogP contribution is 2.21. The summed E-state index contributed by atoms with van der Waals surface area (Å²) in [7, 11) is 1.32. The van der Waals surface area contributed by atoms with Crippen molar-refractivity contribution in [3.63, 3.8) is 0 Å². The fourth-order valence-corrected chi connectivity index (χ4v) is 1.37. The second-order valence-electron chi connectivity index (χ2n) is 3.40. The molecule has 0 aromatic carbocycles. The van der Waals surface area contributed by atoms with Crippen LogP contribution in [0.1, 0.15) is 32.6 Å². The zero-order chi connectivity index (χ0) is 11.8. The van der Waals surface area contributed by atoms with Gasteiger partial charge in [-0.15, -0.1) is 0 Å². The number of esters is 1. The molecule has 0 bridgehead atoms. The molecule has 0 spiro atoms. The maximum atomic E-state index is 11.1. The van der Waals surface area contributed by atoms with Crippen molar-refractivity contribution < 1.29 is 14.3 Å². The number of rotatable bonds is 1. The van der Waals surface area contributed by atoms with Crippen molar-refractivity contribution in [2.24, 2.45) is 11.7 Å². The smallest absolute Gasteiger partial charge is 0.316 e. The first kappa shape index (κ1) is 14.0. The van der Waals surface area contributed by atoms with E-state index in [4.69, 9.17) is 5.73 Å². The predicted molar refractivity (Wildman–Crippen MR) is 61.4 cm³/mol. The average molecular weight is 231 g/mol. The Morgan fingerprint density at radius 1 is 1.53 bits per heavy atom. The summed E-state index contributed by atoms with van der Waals surface area (Å²) in [6.07, 6.45) is 3.10. The van der Waals surface area contributed by atoms with E-state index in [-0.39, 0.29) is 11.8 Å². The maximum Gasteiger partial charge on any atom is 0.316 e. The Labute approximate surface area is 95.2 Å². The molecule has 2 N–H and O–H groups in total. The highest BCUT2D eigenvalue weighted by Gasteiger charge is 2.29. The van der Waals surface area contributed by atoms with Gasteiger partial charge >= 0.3 is 5.97 Å². The Balaban J connectivity index is 0.000000423. The van der Waals surface area contributed by atoms with Crippen LogP contribution in [0.4, 0.5) is 0 Å². The van der Waals surface area contributed by atoms with Crippen molar-refractivity contribution in [2.45, 2.75) is 32.6 Å².